The first-order chi connectivity index (χ1) is 10.2. The quantitative estimate of drug-likeness (QED) is 0.803. The van der Waals surface area contributed by atoms with Gasteiger partial charge in [0.1, 0.15) is 6.04 Å². The highest BCUT2D eigenvalue weighted by molar-refractivity contribution is 7.88. The predicted molar refractivity (Wildman–Crippen MR) is 88.7 cm³/mol. The predicted octanol–water partition coefficient (Wildman–Crippen LogP) is 2.33. The van der Waals surface area contributed by atoms with Crippen LogP contribution in [0.1, 0.15) is 19.3 Å². The number of hydrogen-bond donors (Lipinski definition) is 2. The summed E-state index contributed by atoms with van der Waals surface area (Å²) in [7, 11) is -3.44. The summed E-state index contributed by atoms with van der Waals surface area (Å²) in [6.07, 6.45) is 3.13. The van der Waals surface area contributed by atoms with Gasteiger partial charge in [-0.3, -0.25) is 4.79 Å². The Morgan fingerprint density at radius 1 is 1.32 bits per heavy atom. The maximum atomic E-state index is 12.4. The number of nitrogen functional groups attached to an aromatic ring is 1. The number of amides is 1. The number of piperidine rings is 1. The van der Waals surface area contributed by atoms with E-state index in [1.165, 1.54) is 16.4 Å². The van der Waals surface area contributed by atoms with Crippen LogP contribution < -0.4 is 11.1 Å². The van der Waals surface area contributed by atoms with Crippen LogP contribution in [0, 0.1) is 0 Å². The van der Waals surface area contributed by atoms with Crippen LogP contribution in [-0.4, -0.2) is 37.5 Å². The molecule has 0 spiro atoms. The van der Waals surface area contributed by atoms with Crippen LogP contribution in [0.3, 0.4) is 0 Å². The summed E-state index contributed by atoms with van der Waals surface area (Å²) in [5, 5.41) is 3.11. The number of nitrogens with two attached hydrogens (primary N) is 1. The van der Waals surface area contributed by atoms with Gasteiger partial charge in [-0.05, 0) is 25.0 Å². The van der Waals surface area contributed by atoms with Crippen molar-refractivity contribution in [3.8, 4) is 0 Å². The molecule has 3 N–H and O–H groups in total. The van der Waals surface area contributed by atoms with Crippen LogP contribution in [0.4, 0.5) is 11.4 Å². The van der Waals surface area contributed by atoms with Crippen molar-refractivity contribution in [3.63, 3.8) is 0 Å². The highest BCUT2D eigenvalue weighted by Crippen LogP contribution is 2.31. The average molecular weight is 366 g/mol. The van der Waals surface area contributed by atoms with Crippen LogP contribution in [-0.2, 0) is 14.8 Å². The first kappa shape index (κ1) is 17.3. The monoisotopic (exact) mass is 365 g/mol. The zero-order valence-corrected chi connectivity index (χ0v) is 14.3. The number of nitrogens with zero attached hydrogens (tertiary/aromatic N) is 1. The topological polar surface area (TPSA) is 92.5 Å². The number of benzene rings is 1. The fourth-order valence-electron chi connectivity index (χ4n) is 2.45. The highest BCUT2D eigenvalue weighted by Gasteiger charge is 2.34. The molecule has 6 nitrogen and oxygen atoms in total. The van der Waals surface area contributed by atoms with Gasteiger partial charge in [0, 0.05) is 12.2 Å². The lowest BCUT2D eigenvalue weighted by atomic mass is 10.0. The highest BCUT2D eigenvalue weighted by atomic mass is 35.5. The van der Waals surface area contributed by atoms with Gasteiger partial charge in [0.25, 0.3) is 0 Å². The Hall–Kier alpha value is -1.02. The summed E-state index contributed by atoms with van der Waals surface area (Å²) >= 11 is 11.8. The van der Waals surface area contributed by atoms with Crippen molar-refractivity contribution in [2.24, 2.45) is 0 Å². The fourth-order valence-corrected chi connectivity index (χ4v) is 4.06. The van der Waals surface area contributed by atoms with Crippen LogP contribution in [0.15, 0.2) is 12.1 Å². The van der Waals surface area contributed by atoms with Crippen molar-refractivity contribution in [3.05, 3.63) is 22.2 Å². The molecule has 1 amide bonds. The number of anilines is 2. The summed E-state index contributed by atoms with van der Waals surface area (Å²) in [5.74, 6) is -0.401. The molecule has 0 radical (unpaired) electrons. The van der Waals surface area contributed by atoms with E-state index in [1.54, 1.807) is 0 Å². The number of sulfonamides is 1. The van der Waals surface area contributed by atoms with Crippen LogP contribution in [0.5, 0.6) is 0 Å². The molecule has 1 unspecified atom stereocenters. The molecule has 9 heteroatoms. The number of halogens is 2. The minimum Gasteiger partial charge on any atom is -0.396 e. The molecule has 1 atom stereocenters. The maximum Gasteiger partial charge on any atom is 0.242 e. The number of hydrogen-bond acceptors (Lipinski definition) is 4. The van der Waals surface area contributed by atoms with Crippen LogP contribution in [0.2, 0.25) is 10.0 Å². The van der Waals surface area contributed by atoms with Crippen molar-refractivity contribution in [2.75, 3.05) is 23.9 Å². The first-order valence-electron chi connectivity index (χ1n) is 6.72. The van der Waals surface area contributed by atoms with E-state index in [1.807, 2.05) is 0 Å². The Labute approximate surface area is 139 Å². The SMILES string of the molecule is CS(=O)(=O)N1CCCCC1C(=O)Nc1cc(Cl)c(N)c(Cl)c1. The molecule has 22 heavy (non-hydrogen) atoms. The number of carbonyl (C=O) groups is 1. The van der Waals surface area contributed by atoms with Crippen molar-refractivity contribution in [2.45, 2.75) is 25.3 Å². The molecule has 2 rings (SSSR count). The molecule has 0 aliphatic carbocycles. The van der Waals surface area contributed by atoms with E-state index >= 15 is 0 Å². The van der Waals surface area contributed by atoms with E-state index in [0.29, 0.717) is 18.7 Å². The third-order valence-corrected chi connectivity index (χ3v) is 5.44. The second-order valence-electron chi connectivity index (χ2n) is 5.23. The Kier molecular flexibility index (Phi) is 5.21. The smallest absolute Gasteiger partial charge is 0.242 e. The van der Waals surface area contributed by atoms with Gasteiger partial charge in [-0.2, -0.15) is 4.31 Å². The molecule has 1 aromatic rings. The van der Waals surface area contributed by atoms with E-state index in [0.717, 1.165) is 19.1 Å². The summed E-state index contributed by atoms with van der Waals surface area (Å²) < 4.78 is 24.8. The summed E-state index contributed by atoms with van der Waals surface area (Å²) in [6.45, 7) is 0.347. The van der Waals surface area contributed by atoms with E-state index in [2.05, 4.69) is 5.32 Å². The second-order valence-corrected chi connectivity index (χ2v) is 7.98. The Morgan fingerprint density at radius 2 is 1.91 bits per heavy atom. The van der Waals surface area contributed by atoms with Gasteiger partial charge in [-0.1, -0.05) is 29.6 Å². The Morgan fingerprint density at radius 3 is 2.45 bits per heavy atom. The standard InChI is InChI=1S/C13H17Cl2N3O3S/c1-22(20,21)18-5-3-2-4-11(18)13(19)17-8-6-9(14)12(16)10(15)7-8/h6-7,11H,2-5,16H2,1H3,(H,17,19). The molecule has 1 fully saturated rings. The normalized spacial score (nSPS) is 19.9. The molecule has 1 aromatic carbocycles. The third kappa shape index (κ3) is 3.84. The van der Waals surface area contributed by atoms with E-state index in [9.17, 15) is 13.2 Å². The number of nitrogens with one attached hydrogen (secondary N) is 1. The lowest BCUT2D eigenvalue weighted by Crippen LogP contribution is -2.49. The zero-order valence-electron chi connectivity index (χ0n) is 12.0. The number of rotatable bonds is 3. The lowest BCUT2D eigenvalue weighted by Gasteiger charge is -2.32. The molecule has 122 valence electrons. The maximum absolute atomic E-state index is 12.4. The Balaban J connectivity index is 2.20. The summed E-state index contributed by atoms with van der Waals surface area (Å²) in [5.41, 5.74) is 6.26. The molecule has 0 saturated carbocycles. The molecule has 0 bridgehead atoms. The molecular weight excluding hydrogens is 349 g/mol. The second kappa shape index (κ2) is 6.62. The van der Waals surface area contributed by atoms with Gasteiger partial charge >= 0.3 is 0 Å². The third-order valence-electron chi connectivity index (χ3n) is 3.53. The zero-order chi connectivity index (χ0) is 16.5. The minimum atomic E-state index is -3.44. The van der Waals surface area contributed by atoms with Crippen molar-refractivity contribution in [1.29, 1.82) is 0 Å². The molecule has 0 aromatic heterocycles. The lowest BCUT2D eigenvalue weighted by molar-refractivity contribution is -0.120. The minimum absolute atomic E-state index is 0.228. The van der Waals surface area contributed by atoms with Crippen molar-refractivity contribution < 1.29 is 13.2 Å². The molecule has 1 aliphatic rings. The summed E-state index contributed by atoms with van der Waals surface area (Å²) in [6, 6.07) is 2.24. The van der Waals surface area contributed by atoms with Crippen molar-refractivity contribution in [1.82, 2.24) is 4.31 Å². The van der Waals surface area contributed by atoms with Gasteiger partial charge in [0.15, 0.2) is 0 Å². The van der Waals surface area contributed by atoms with Crippen LogP contribution >= 0.6 is 23.2 Å². The van der Waals surface area contributed by atoms with Crippen LogP contribution in [0.25, 0.3) is 0 Å². The van der Waals surface area contributed by atoms with E-state index in [-0.39, 0.29) is 15.7 Å². The molecule has 1 aliphatic heterocycles. The number of carbonyl (C=O) groups excluding carboxylic acids is 1. The van der Waals surface area contributed by atoms with Gasteiger partial charge in [0.05, 0.1) is 22.0 Å². The fraction of sp³-hybridized carbons (Fsp3) is 0.462. The Bertz CT molecular complexity index is 671. The van der Waals surface area contributed by atoms with E-state index < -0.39 is 22.0 Å². The first-order valence-corrected chi connectivity index (χ1v) is 9.33. The summed E-state index contributed by atoms with van der Waals surface area (Å²) in [4.78, 5) is 12.4. The largest absolute Gasteiger partial charge is 0.396 e. The van der Waals surface area contributed by atoms with Gasteiger partial charge in [0.2, 0.25) is 15.9 Å². The van der Waals surface area contributed by atoms with Gasteiger partial charge in [-0.25, -0.2) is 8.42 Å². The average Bonchev–Trinajstić information content (AvgIpc) is 2.43. The van der Waals surface area contributed by atoms with Gasteiger partial charge in [-0.15, -0.1) is 0 Å². The molecule has 1 heterocycles. The van der Waals surface area contributed by atoms with Gasteiger partial charge < -0.3 is 11.1 Å². The van der Waals surface area contributed by atoms with E-state index in [4.69, 9.17) is 28.9 Å². The molecule has 1 saturated heterocycles. The van der Waals surface area contributed by atoms with Crippen molar-refractivity contribution >= 4 is 50.5 Å². The molecular formula is C13H17Cl2N3O3S.